The Balaban J connectivity index is 1.81. The molecule has 1 fully saturated rings. The zero-order valence-corrected chi connectivity index (χ0v) is 13.1. The van der Waals surface area contributed by atoms with Gasteiger partial charge in [-0.05, 0) is 37.8 Å². The highest BCUT2D eigenvalue weighted by Gasteiger charge is 2.23. The van der Waals surface area contributed by atoms with Crippen molar-refractivity contribution in [2.45, 2.75) is 45.1 Å². The van der Waals surface area contributed by atoms with Crippen LogP contribution in [-0.4, -0.2) is 11.9 Å². The van der Waals surface area contributed by atoms with E-state index in [1.54, 1.807) is 0 Å². The van der Waals surface area contributed by atoms with E-state index < -0.39 is 11.7 Å². The monoisotopic (exact) mass is 317 g/mol. The Hall–Kier alpha value is -2.17. The van der Waals surface area contributed by atoms with Crippen molar-refractivity contribution in [3.05, 3.63) is 46.1 Å². The van der Waals surface area contributed by atoms with Crippen LogP contribution in [0.2, 0.25) is 0 Å². The van der Waals surface area contributed by atoms with Gasteiger partial charge in [0.05, 0.1) is 5.39 Å². The highest BCUT2D eigenvalue weighted by molar-refractivity contribution is 5.93. The summed E-state index contributed by atoms with van der Waals surface area (Å²) in [5.41, 5.74) is -0.255. The van der Waals surface area contributed by atoms with E-state index in [9.17, 15) is 14.0 Å². The fourth-order valence-electron chi connectivity index (χ4n) is 3.27. The fraction of sp³-hybridized carbons (Fsp3) is 0.444. The summed E-state index contributed by atoms with van der Waals surface area (Å²) in [6, 6.07) is 4.88. The van der Waals surface area contributed by atoms with Crippen LogP contribution in [0.25, 0.3) is 11.0 Å². The Morgan fingerprint density at radius 2 is 2.00 bits per heavy atom. The van der Waals surface area contributed by atoms with Crippen molar-refractivity contribution >= 4 is 16.9 Å². The summed E-state index contributed by atoms with van der Waals surface area (Å²) in [5.74, 6) is -0.548. The Labute approximate surface area is 133 Å². The van der Waals surface area contributed by atoms with Gasteiger partial charge in [-0.3, -0.25) is 9.59 Å². The standard InChI is InChI=1S/C18H20FNO3/c1-11(12-5-3-2-4-6-12)20-18(22)17-10-15(21)14-8-7-13(19)9-16(14)23-17/h7-12H,2-6H2,1H3,(H,20,22)/t11-/m0/s1. The summed E-state index contributed by atoms with van der Waals surface area (Å²) in [4.78, 5) is 24.4. The molecule has 1 aromatic carbocycles. The number of benzene rings is 1. The van der Waals surface area contributed by atoms with E-state index in [1.807, 2.05) is 6.92 Å². The molecule has 1 saturated carbocycles. The topological polar surface area (TPSA) is 59.3 Å². The number of rotatable bonds is 3. The zero-order valence-electron chi connectivity index (χ0n) is 13.1. The molecule has 1 aromatic heterocycles. The number of hydrogen-bond donors (Lipinski definition) is 1. The molecule has 0 bridgehead atoms. The summed E-state index contributed by atoms with van der Waals surface area (Å²) in [6.45, 7) is 1.98. The lowest BCUT2D eigenvalue weighted by atomic mass is 9.84. The number of carbonyl (C=O) groups is 1. The quantitative estimate of drug-likeness (QED) is 0.940. The molecule has 1 N–H and O–H groups in total. The Kier molecular flexibility index (Phi) is 4.46. The summed E-state index contributed by atoms with van der Waals surface area (Å²) in [5, 5.41) is 3.17. The number of carbonyl (C=O) groups excluding carboxylic acids is 1. The van der Waals surface area contributed by atoms with Gasteiger partial charge in [0.15, 0.2) is 11.2 Å². The van der Waals surface area contributed by atoms with Gasteiger partial charge >= 0.3 is 0 Å². The molecular formula is C18H20FNO3. The van der Waals surface area contributed by atoms with Crippen LogP contribution in [0, 0.1) is 11.7 Å². The fourth-order valence-corrected chi connectivity index (χ4v) is 3.27. The smallest absolute Gasteiger partial charge is 0.287 e. The van der Waals surface area contributed by atoms with Crippen LogP contribution in [0.4, 0.5) is 4.39 Å². The Morgan fingerprint density at radius 3 is 2.74 bits per heavy atom. The van der Waals surface area contributed by atoms with Crippen molar-refractivity contribution in [3.63, 3.8) is 0 Å². The molecular weight excluding hydrogens is 297 g/mol. The lowest BCUT2D eigenvalue weighted by Crippen LogP contribution is -2.39. The highest BCUT2D eigenvalue weighted by atomic mass is 19.1. The molecule has 4 nitrogen and oxygen atoms in total. The van der Waals surface area contributed by atoms with E-state index in [0.29, 0.717) is 5.92 Å². The average Bonchev–Trinajstić information content (AvgIpc) is 2.55. The molecule has 0 aliphatic heterocycles. The third-order valence-electron chi connectivity index (χ3n) is 4.63. The van der Waals surface area contributed by atoms with Crippen molar-refractivity contribution < 1.29 is 13.6 Å². The van der Waals surface area contributed by atoms with Gasteiger partial charge in [-0.25, -0.2) is 4.39 Å². The van der Waals surface area contributed by atoms with Crippen molar-refractivity contribution in [2.24, 2.45) is 5.92 Å². The maximum absolute atomic E-state index is 13.3. The van der Waals surface area contributed by atoms with Crippen LogP contribution < -0.4 is 10.7 Å². The van der Waals surface area contributed by atoms with Gasteiger partial charge in [-0.2, -0.15) is 0 Å². The SMILES string of the molecule is C[C@H](NC(=O)c1cc(=O)c2ccc(F)cc2o1)C1CCCCC1. The van der Waals surface area contributed by atoms with Gasteiger partial charge in [0.1, 0.15) is 11.4 Å². The van der Waals surface area contributed by atoms with E-state index in [0.717, 1.165) is 18.9 Å². The molecule has 1 aliphatic rings. The Morgan fingerprint density at radius 1 is 1.26 bits per heavy atom. The lowest BCUT2D eigenvalue weighted by Gasteiger charge is -2.28. The van der Waals surface area contributed by atoms with Crippen LogP contribution in [0.15, 0.2) is 33.5 Å². The molecule has 0 spiro atoms. The second kappa shape index (κ2) is 6.52. The van der Waals surface area contributed by atoms with E-state index in [-0.39, 0.29) is 28.2 Å². The lowest BCUT2D eigenvalue weighted by molar-refractivity contribution is 0.0891. The molecule has 1 atom stereocenters. The second-order valence-corrected chi connectivity index (χ2v) is 6.28. The first-order valence-corrected chi connectivity index (χ1v) is 8.09. The first-order chi connectivity index (χ1) is 11.0. The molecule has 122 valence electrons. The highest BCUT2D eigenvalue weighted by Crippen LogP contribution is 2.26. The first kappa shape index (κ1) is 15.7. The van der Waals surface area contributed by atoms with Gasteiger partial charge in [-0.1, -0.05) is 19.3 Å². The third-order valence-corrected chi connectivity index (χ3v) is 4.63. The maximum atomic E-state index is 13.3. The van der Waals surface area contributed by atoms with Gasteiger partial charge < -0.3 is 9.73 Å². The molecule has 5 heteroatoms. The summed E-state index contributed by atoms with van der Waals surface area (Å²) in [6.07, 6.45) is 5.84. The van der Waals surface area contributed by atoms with Crippen LogP contribution >= 0.6 is 0 Å². The normalized spacial score (nSPS) is 17.1. The van der Waals surface area contributed by atoms with Gasteiger partial charge in [0.25, 0.3) is 5.91 Å². The van der Waals surface area contributed by atoms with Crippen molar-refractivity contribution in [2.75, 3.05) is 0 Å². The summed E-state index contributed by atoms with van der Waals surface area (Å²) < 4.78 is 18.7. The van der Waals surface area contributed by atoms with Gasteiger partial charge in [-0.15, -0.1) is 0 Å². The molecule has 0 radical (unpaired) electrons. The average molecular weight is 317 g/mol. The molecule has 0 unspecified atom stereocenters. The number of halogens is 1. The predicted molar refractivity (Wildman–Crippen MR) is 85.9 cm³/mol. The molecule has 2 aromatic rings. The zero-order chi connectivity index (χ0) is 16.4. The third kappa shape index (κ3) is 3.44. The number of nitrogens with one attached hydrogen (secondary N) is 1. The van der Waals surface area contributed by atoms with Crippen LogP contribution in [-0.2, 0) is 0 Å². The molecule has 0 saturated heterocycles. The maximum Gasteiger partial charge on any atom is 0.287 e. The molecule has 1 heterocycles. The van der Waals surface area contributed by atoms with E-state index in [4.69, 9.17) is 4.42 Å². The number of amides is 1. The van der Waals surface area contributed by atoms with Crippen LogP contribution in [0.3, 0.4) is 0 Å². The van der Waals surface area contributed by atoms with Gasteiger partial charge in [0, 0.05) is 18.2 Å². The van der Waals surface area contributed by atoms with Crippen LogP contribution in [0.1, 0.15) is 49.6 Å². The molecule has 1 aliphatic carbocycles. The summed E-state index contributed by atoms with van der Waals surface area (Å²) in [7, 11) is 0. The number of hydrogen-bond acceptors (Lipinski definition) is 3. The summed E-state index contributed by atoms with van der Waals surface area (Å²) >= 11 is 0. The van der Waals surface area contributed by atoms with Gasteiger partial charge in [0.2, 0.25) is 0 Å². The molecule has 1 amide bonds. The van der Waals surface area contributed by atoms with Crippen molar-refractivity contribution in [1.29, 1.82) is 0 Å². The second-order valence-electron chi connectivity index (χ2n) is 6.28. The van der Waals surface area contributed by atoms with E-state index in [2.05, 4.69) is 5.32 Å². The minimum absolute atomic E-state index is 0.0244. The minimum Gasteiger partial charge on any atom is -0.451 e. The van der Waals surface area contributed by atoms with Crippen molar-refractivity contribution in [3.8, 4) is 0 Å². The van der Waals surface area contributed by atoms with E-state index >= 15 is 0 Å². The van der Waals surface area contributed by atoms with Crippen molar-refractivity contribution in [1.82, 2.24) is 5.32 Å². The largest absolute Gasteiger partial charge is 0.451 e. The minimum atomic E-state index is -0.506. The Bertz CT molecular complexity index is 777. The predicted octanol–water partition coefficient (Wildman–Crippen LogP) is 3.63. The molecule has 23 heavy (non-hydrogen) atoms. The van der Waals surface area contributed by atoms with E-state index in [1.165, 1.54) is 37.5 Å². The molecule has 3 rings (SSSR count). The number of fused-ring (bicyclic) bond motifs is 1. The first-order valence-electron chi connectivity index (χ1n) is 8.09. The van der Waals surface area contributed by atoms with Crippen LogP contribution in [0.5, 0.6) is 0 Å².